The molecule has 0 atom stereocenters. The number of hydrogen-bond acceptors (Lipinski definition) is 6. The largest absolute Gasteiger partial charge is 0.496 e. The van der Waals surface area contributed by atoms with E-state index < -0.39 is 0 Å². The molecule has 3 heterocycles. The van der Waals surface area contributed by atoms with Crippen LogP contribution >= 0.6 is 11.3 Å². The van der Waals surface area contributed by atoms with Crippen LogP contribution in [-0.4, -0.2) is 32.6 Å². The number of nitrogens with zero attached hydrogens (tertiary/aromatic N) is 4. The number of pyridine rings is 1. The van der Waals surface area contributed by atoms with Crippen molar-refractivity contribution in [2.24, 2.45) is 0 Å². The summed E-state index contributed by atoms with van der Waals surface area (Å²) in [7, 11) is 1.62. The zero-order chi connectivity index (χ0) is 20.0. The highest BCUT2D eigenvalue weighted by Gasteiger charge is 2.27. The average Bonchev–Trinajstić information content (AvgIpc) is 3.40. The Morgan fingerprint density at radius 2 is 2.10 bits per heavy atom. The topological polar surface area (TPSA) is 81.4 Å². The Bertz CT molecular complexity index is 1190. The second-order valence-corrected chi connectivity index (χ2v) is 8.06. The molecule has 5 rings (SSSR count). The molecule has 1 N–H and O–H groups in total. The number of aromatic nitrogens is 4. The fourth-order valence-electron chi connectivity index (χ4n) is 3.34. The van der Waals surface area contributed by atoms with Crippen LogP contribution in [0.3, 0.4) is 0 Å². The molecule has 1 aliphatic rings. The van der Waals surface area contributed by atoms with Gasteiger partial charge in [0.1, 0.15) is 5.75 Å². The van der Waals surface area contributed by atoms with Crippen LogP contribution in [0.5, 0.6) is 5.75 Å². The van der Waals surface area contributed by atoms with E-state index in [0.717, 1.165) is 27.5 Å². The van der Waals surface area contributed by atoms with Crippen molar-refractivity contribution in [3.8, 4) is 16.9 Å². The summed E-state index contributed by atoms with van der Waals surface area (Å²) in [6.07, 6.45) is 5.93. The van der Waals surface area contributed by atoms with Gasteiger partial charge in [-0.1, -0.05) is 29.5 Å². The number of amides is 1. The molecular weight excluding hydrogens is 386 g/mol. The first-order chi connectivity index (χ1) is 14.1. The van der Waals surface area contributed by atoms with Gasteiger partial charge in [-0.2, -0.15) is 0 Å². The standard InChI is InChI=1S/C21H19N5O2S/c1-12-9-15(14-5-3-4-6-18(14)28-2)16(10-22-12)19(27)24-20-25-26-11-17(13-7-8-13)23-21(26)29-20/h3-6,9-11,13H,7-8H2,1-2H3,(H,24,25,27). The van der Waals surface area contributed by atoms with Crippen LogP contribution in [-0.2, 0) is 0 Å². The Morgan fingerprint density at radius 3 is 2.86 bits per heavy atom. The van der Waals surface area contributed by atoms with Crippen LogP contribution in [0.25, 0.3) is 16.1 Å². The highest BCUT2D eigenvalue weighted by atomic mass is 32.1. The third-order valence-corrected chi connectivity index (χ3v) is 5.80. The smallest absolute Gasteiger partial charge is 0.259 e. The predicted octanol–water partition coefficient (Wildman–Crippen LogP) is 4.30. The summed E-state index contributed by atoms with van der Waals surface area (Å²) in [4.78, 5) is 22.8. The van der Waals surface area contributed by atoms with Gasteiger partial charge in [0, 0.05) is 28.9 Å². The lowest BCUT2D eigenvalue weighted by atomic mass is 9.99. The van der Waals surface area contributed by atoms with Crippen LogP contribution in [0.4, 0.5) is 5.13 Å². The van der Waals surface area contributed by atoms with Crippen molar-refractivity contribution in [2.45, 2.75) is 25.7 Å². The molecule has 3 aromatic heterocycles. The molecule has 1 amide bonds. The van der Waals surface area contributed by atoms with Crippen molar-refractivity contribution in [3.63, 3.8) is 0 Å². The fraction of sp³-hybridized carbons (Fsp3) is 0.238. The van der Waals surface area contributed by atoms with E-state index in [1.54, 1.807) is 17.8 Å². The number of fused-ring (bicyclic) bond motifs is 1. The summed E-state index contributed by atoms with van der Waals surface area (Å²) in [6.45, 7) is 1.90. The van der Waals surface area contributed by atoms with E-state index >= 15 is 0 Å². The van der Waals surface area contributed by atoms with Gasteiger partial charge >= 0.3 is 0 Å². The molecular formula is C21H19N5O2S. The number of nitrogens with one attached hydrogen (secondary N) is 1. The predicted molar refractivity (Wildman–Crippen MR) is 112 cm³/mol. The van der Waals surface area contributed by atoms with Crippen molar-refractivity contribution in [3.05, 3.63) is 59.7 Å². The zero-order valence-electron chi connectivity index (χ0n) is 16.0. The Hall–Kier alpha value is -3.26. The first-order valence-electron chi connectivity index (χ1n) is 9.40. The molecule has 1 fully saturated rings. The normalized spacial score (nSPS) is 13.6. The number of carbonyl (C=O) groups is 1. The van der Waals surface area contributed by atoms with Crippen LogP contribution < -0.4 is 10.1 Å². The highest BCUT2D eigenvalue weighted by molar-refractivity contribution is 7.20. The molecule has 0 bridgehead atoms. The van der Waals surface area contributed by atoms with Gasteiger partial charge in [0.05, 0.1) is 24.6 Å². The van der Waals surface area contributed by atoms with Gasteiger partial charge in [-0.25, -0.2) is 9.50 Å². The minimum Gasteiger partial charge on any atom is -0.496 e. The summed E-state index contributed by atoms with van der Waals surface area (Å²) in [6, 6.07) is 9.52. The second kappa shape index (κ2) is 6.97. The lowest BCUT2D eigenvalue weighted by Gasteiger charge is -2.13. The number of aryl methyl sites for hydroxylation is 1. The molecule has 8 heteroatoms. The minimum absolute atomic E-state index is 0.266. The van der Waals surface area contributed by atoms with Crippen LogP contribution in [0, 0.1) is 6.92 Å². The van der Waals surface area contributed by atoms with Gasteiger partial charge in [-0.15, -0.1) is 5.10 Å². The van der Waals surface area contributed by atoms with Gasteiger partial charge in [-0.05, 0) is 31.9 Å². The van der Waals surface area contributed by atoms with Crippen molar-refractivity contribution in [1.82, 2.24) is 19.6 Å². The SMILES string of the molecule is COc1ccccc1-c1cc(C)ncc1C(=O)Nc1nn2cc(C3CC3)nc2s1. The van der Waals surface area contributed by atoms with E-state index in [2.05, 4.69) is 20.4 Å². The monoisotopic (exact) mass is 405 g/mol. The Balaban J connectivity index is 1.47. The van der Waals surface area contributed by atoms with Crippen LogP contribution in [0.1, 0.15) is 40.5 Å². The molecule has 0 unspecified atom stereocenters. The van der Waals surface area contributed by atoms with Crippen molar-refractivity contribution in [1.29, 1.82) is 0 Å². The summed E-state index contributed by atoms with van der Waals surface area (Å²) < 4.78 is 7.22. The molecule has 0 aliphatic heterocycles. The number of ether oxygens (including phenoxy) is 1. The number of methoxy groups -OCH3 is 1. The van der Waals surface area contributed by atoms with E-state index in [0.29, 0.717) is 22.4 Å². The average molecular weight is 405 g/mol. The van der Waals surface area contributed by atoms with Crippen molar-refractivity contribution < 1.29 is 9.53 Å². The molecule has 0 radical (unpaired) electrons. The number of benzene rings is 1. The molecule has 7 nitrogen and oxygen atoms in total. The third kappa shape index (κ3) is 3.36. The molecule has 29 heavy (non-hydrogen) atoms. The van der Waals surface area contributed by atoms with Gasteiger partial charge in [0.25, 0.3) is 5.91 Å². The quantitative estimate of drug-likeness (QED) is 0.535. The number of rotatable bonds is 5. The maximum Gasteiger partial charge on any atom is 0.259 e. The molecule has 1 aromatic carbocycles. The molecule has 146 valence electrons. The molecule has 1 saturated carbocycles. The fourth-order valence-corrected chi connectivity index (χ4v) is 4.12. The lowest BCUT2D eigenvalue weighted by molar-refractivity contribution is 0.102. The molecule has 4 aromatic rings. The van der Waals surface area contributed by atoms with Gasteiger partial charge in [0.15, 0.2) is 0 Å². The molecule has 0 saturated heterocycles. The van der Waals surface area contributed by atoms with Crippen LogP contribution in [0.15, 0.2) is 42.7 Å². The Morgan fingerprint density at radius 1 is 1.28 bits per heavy atom. The molecule has 0 spiro atoms. The number of hydrogen-bond donors (Lipinski definition) is 1. The number of carbonyl (C=O) groups excluding carboxylic acids is 1. The number of anilines is 1. The zero-order valence-corrected chi connectivity index (χ0v) is 16.9. The second-order valence-electron chi connectivity index (χ2n) is 7.10. The number of para-hydroxylation sites is 1. The van der Waals surface area contributed by atoms with E-state index in [1.165, 1.54) is 24.2 Å². The number of imidazole rings is 1. The van der Waals surface area contributed by atoms with E-state index in [4.69, 9.17) is 4.74 Å². The maximum absolute atomic E-state index is 13.0. The van der Waals surface area contributed by atoms with E-state index in [-0.39, 0.29) is 5.91 Å². The van der Waals surface area contributed by atoms with E-state index in [1.807, 2.05) is 43.5 Å². The first kappa shape index (κ1) is 17.8. The Kier molecular flexibility index (Phi) is 4.28. The van der Waals surface area contributed by atoms with Crippen molar-refractivity contribution >= 4 is 27.3 Å². The molecule has 1 aliphatic carbocycles. The first-order valence-corrected chi connectivity index (χ1v) is 10.2. The van der Waals surface area contributed by atoms with E-state index in [9.17, 15) is 4.79 Å². The van der Waals surface area contributed by atoms with Crippen LogP contribution in [0.2, 0.25) is 0 Å². The minimum atomic E-state index is -0.266. The third-order valence-electron chi connectivity index (χ3n) is 4.96. The van der Waals surface area contributed by atoms with Gasteiger partial charge < -0.3 is 4.74 Å². The van der Waals surface area contributed by atoms with Crippen molar-refractivity contribution in [2.75, 3.05) is 12.4 Å². The summed E-state index contributed by atoms with van der Waals surface area (Å²) in [5.74, 6) is 1.01. The summed E-state index contributed by atoms with van der Waals surface area (Å²) in [5, 5.41) is 7.86. The Labute approximate surface area is 171 Å². The van der Waals surface area contributed by atoms with Gasteiger partial charge in [0.2, 0.25) is 10.1 Å². The highest BCUT2D eigenvalue weighted by Crippen LogP contribution is 2.40. The lowest BCUT2D eigenvalue weighted by Crippen LogP contribution is -2.14. The summed E-state index contributed by atoms with van der Waals surface area (Å²) >= 11 is 1.36. The summed E-state index contributed by atoms with van der Waals surface area (Å²) in [5.41, 5.74) is 3.98. The van der Waals surface area contributed by atoms with Gasteiger partial charge in [-0.3, -0.25) is 15.1 Å². The maximum atomic E-state index is 13.0.